The number of nitrogens with one attached hydrogen (secondary N) is 2. The van der Waals surface area contributed by atoms with Crippen molar-refractivity contribution in [2.45, 2.75) is 26.9 Å². The number of hydrogen-bond acceptors (Lipinski definition) is 4. The average molecular weight is 368 g/mol. The van der Waals surface area contributed by atoms with Crippen LogP contribution >= 0.6 is 0 Å². The van der Waals surface area contributed by atoms with Gasteiger partial charge in [-0.25, -0.2) is 0 Å². The first kappa shape index (κ1) is 20.7. The molecule has 5 heteroatoms. The summed E-state index contributed by atoms with van der Waals surface area (Å²) < 4.78 is 5.74. The van der Waals surface area contributed by atoms with E-state index in [9.17, 15) is 4.79 Å². The molecule has 0 fully saturated rings. The van der Waals surface area contributed by atoms with Gasteiger partial charge in [0.15, 0.2) is 6.10 Å². The smallest absolute Gasteiger partial charge is 0.265 e. The van der Waals surface area contributed by atoms with Gasteiger partial charge in [0.2, 0.25) is 0 Å². The number of rotatable bonds is 9. The summed E-state index contributed by atoms with van der Waals surface area (Å²) in [6.45, 7) is 6.59. The van der Waals surface area contributed by atoms with E-state index in [0.29, 0.717) is 18.8 Å². The first-order valence-electron chi connectivity index (χ1n) is 9.16. The van der Waals surface area contributed by atoms with Crippen LogP contribution in [0.2, 0.25) is 0 Å². The molecule has 0 spiro atoms. The third-order valence-corrected chi connectivity index (χ3v) is 4.28. The topological polar surface area (TPSA) is 70.6 Å². The molecular formula is C22H28N2O3. The van der Waals surface area contributed by atoms with Gasteiger partial charge in [0.25, 0.3) is 5.91 Å². The van der Waals surface area contributed by atoms with Crippen molar-refractivity contribution in [1.82, 2.24) is 5.32 Å². The number of anilines is 1. The molecular weight excluding hydrogens is 340 g/mol. The van der Waals surface area contributed by atoms with E-state index in [1.165, 1.54) is 0 Å². The maximum Gasteiger partial charge on any atom is 0.265 e. The normalized spacial score (nSPS) is 12.5. The van der Waals surface area contributed by atoms with Gasteiger partial charge >= 0.3 is 0 Å². The number of amides is 1. The van der Waals surface area contributed by atoms with Crippen LogP contribution in [0.4, 0.5) is 5.69 Å². The highest BCUT2D eigenvalue weighted by atomic mass is 16.5. The SMILES string of the molecule is C/C=C(/CNCCO)OC(C)C(=O)Nc1cccc(-c2ccccc2)c1C. The van der Waals surface area contributed by atoms with Crippen molar-refractivity contribution in [2.75, 3.05) is 25.0 Å². The van der Waals surface area contributed by atoms with E-state index >= 15 is 0 Å². The molecule has 2 rings (SSSR count). The third kappa shape index (κ3) is 5.94. The summed E-state index contributed by atoms with van der Waals surface area (Å²) in [6, 6.07) is 16.0. The van der Waals surface area contributed by atoms with Crippen LogP contribution in [-0.2, 0) is 9.53 Å². The molecule has 0 saturated heterocycles. The van der Waals surface area contributed by atoms with Crippen molar-refractivity contribution in [2.24, 2.45) is 0 Å². The Bertz CT molecular complexity index is 772. The number of carbonyl (C=O) groups excluding carboxylic acids is 1. The van der Waals surface area contributed by atoms with Crippen LogP contribution in [0, 0.1) is 6.92 Å². The predicted octanol–water partition coefficient (Wildman–Crippen LogP) is 3.49. The number of carbonyl (C=O) groups is 1. The Kier molecular flexibility index (Phi) is 8.04. The van der Waals surface area contributed by atoms with Gasteiger partial charge < -0.3 is 20.5 Å². The van der Waals surface area contributed by atoms with Crippen LogP contribution in [0.25, 0.3) is 11.1 Å². The van der Waals surface area contributed by atoms with E-state index < -0.39 is 6.10 Å². The van der Waals surface area contributed by atoms with Crippen LogP contribution in [0.1, 0.15) is 19.4 Å². The highest BCUT2D eigenvalue weighted by molar-refractivity contribution is 5.95. The summed E-state index contributed by atoms with van der Waals surface area (Å²) in [6.07, 6.45) is 1.18. The number of hydrogen-bond donors (Lipinski definition) is 3. The van der Waals surface area contributed by atoms with Crippen molar-refractivity contribution in [3.05, 3.63) is 65.9 Å². The fourth-order valence-electron chi connectivity index (χ4n) is 2.72. The lowest BCUT2D eigenvalue weighted by Gasteiger charge is -2.19. The van der Waals surface area contributed by atoms with Gasteiger partial charge in [0, 0.05) is 12.2 Å². The average Bonchev–Trinajstić information content (AvgIpc) is 2.69. The summed E-state index contributed by atoms with van der Waals surface area (Å²) in [4.78, 5) is 12.6. The predicted molar refractivity (Wildman–Crippen MR) is 110 cm³/mol. The second kappa shape index (κ2) is 10.5. The quantitative estimate of drug-likeness (QED) is 0.468. The molecule has 1 atom stereocenters. The molecule has 0 aliphatic heterocycles. The van der Waals surface area contributed by atoms with Crippen LogP contribution < -0.4 is 10.6 Å². The zero-order chi connectivity index (χ0) is 19.6. The molecule has 0 aliphatic carbocycles. The van der Waals surface area contributed by atoms with E-state index in [-0.39, 0.29) is 12.5 Å². The molecule has 0 saturated carbocycles. The van der Waals surface area contributed by atoms with Crippen LogP contribution in [0.15, 0.2) is 60.4 Å². The summed E-state index contributed by atoms with van der Waals surface area (Å²) in [7, 11) is 0. The maximum absolute atomic E-state index is 12.6. The van der Waals surface area contributed by atoms with Crippen LogP contribution in [0.3, 0.4) is 0 Å². The highest BCUT2D eigenvalue weighted by Gasteiger charge is 2.17. The van der Waals surface area contributed by atoms with Gasteiger partial charge in [0.1, 0.15) is 5.76 Å². The van der Waals surface area contributed by atoms with Crippen molar-refractivity contribution >= 4 is 11.6 Å². The van der Waals surface area contributed by atoms with Gasteiger partial charge in [-0.15, -0.1) is 0 Å². The molecule has 1 unspecified atom stereocenters. The Morgan fingerprint density at radius 3 is 2.59 bits per heavy atom. The standard InChI is InChI=1S/C22H28N2O3/c1-4-19(15-23-13-14-25)27-17(3)22(26)24-21-12-8-11-20(16(21)2)18-9-6-5-7-10-18/h4-12,17,23,25H,13-15H2,1-3H3,(H,24,26)/b19-4-. The molecule has 1 amide bonds. The van der Waals surface area contributed by atoms with E-state index in [2.05, 4.69) is 22.8 Å². The van der Waals surface area contributed by atoms with E-state index in [4.69, 9.17) is 9.84 Å². The van der Waals surface area contributed by atoms with E-state index in [1.54, 1.807) is 6.92 Å². The maximum atomic E-state index is 12.6. The Balaban J connectivity index is 2.05. The molecule has 0 aromatic heterocycles. The summed E-state index contributed by atoms with van der Waals surface area (Å²) >= 11 is 0. The Morgan fingerprint density at radius 2 is 1.93 bits per heavy atom. The minimum Gasteiger partial charge on any atom is -0.484 e. The molecule has 0 bridgehead atoms. The minimum atomic E-state index is -0.632. The van der Waals surface area contributed by atoms with Crippen LogP contribution in [0.5, 0.6) is 0 Å². The fraction of sp³-hybridized carbons (Fsp3) is 0.318. The summed E-state index contributed by atoms with van der Waals surface area (Å²) in [5.41, 5.74) is 3.99. The van der Waals surface area contributed by atoms with E-state index in [0.717, 1.165) is 22.4 Å². The minimum absolute atomic E-state index is 0.0596. The van der Waals surface area contributed by atoms with Gasteiger partial charge in [-0.2, -0.15) is 0 Å². The molecule has 3 N–H and O–H groups in total. The van der Waals surface area contributed by atoms with Crippen molar-refractivity contribution in [3.8, 4) is 11.1 Å². The monoisotopic (exact) mass is 368 g/mol. The Morgan fingerprint density at radius 1 is 1.19 bits per heavy atom. The molecule has 0 radical (unpaired) electrons. The molecule has 2 aromatic carbocycles. The molecule has 0 aliphatic rings. The number of benzene rings is 2. The van der Waals surface area contributed by atoms with Crippen molar-refractivity contribution < 1.29 is 14.6 Å². The molecule has 0 heterocycles. The molecule has 2 aromatic rings. The molecule has 144 valence electrons. The van der Waals surface area contributed by atoms with E-state index in [1.807, 2.05) is 56.3 Å². The second-order valence-electron chi connectivity index (χ2n) is 6.25. The first-order valence-corrected chi connectivity index (χ1v) is 9.16. The number of aliphatic hydroxyl groups is 1. The Hall–Kier alpha value is -2.63. The fourth-order valence-corrected chi connectivity index (χ4v) is 2.72. The van der Waals surface area contributed by atoms with Gasteiger partial charge in [-0.3, -0.25) is 4.79 Å². The largest absolute Gasteiger partial charge is 0.484 e. The third-order valence-electron chi connectivity index (χ3n) is 4.28. The highest BCUT2D eigenvalue weighted by Crippen LogP contribution is 2.28. The zero-order valence-corrected chi connectivity index (χ0v) is 16.2. The lowest BCUT2D eigenvalue weighted by Crippen LogP contribution is -2.30. The molecule has 27 heavy (non-hydrogen) atoms. The molecule has 5 nitrogen and oxygen atoms in total. The summed E-state index contributed by atoms with van der Waals surface area (Å²) in [5.74, 6) is 0.464. The van der Waals surface area contributed by atoms with Gasteiger partial charge in [-0.05, 0) is 49.6 Å². The summed E-state index contributed by atoms with van der Waals surface area (Å²) in [5, 5.41) is 14.8. The number of allylic oxidation sites excluding steroid dienone is 1. The Labute approximate surface area is 161 Å². The van der Waals surface area contributed by atoms with Crippen molar-refractivity contribution in [1.29, 1.82) is 0 Å². The van der Waals surface area contributed by atoms with Gasteiger partial charge in [0.05, 0.1) is 13.2 Å². The first-order chi connectivity index (χ1) is 13.1. The lowest BCUT2D eigenvalue weighted by atomic mass is 9.99. The van der Waals surface area contributed by atoms with Gasteiger partial charge in [-0.1, -0.05) is 42.5 Å². The second-order valence-corrected chi connectivity index (χ2v) is 6.25. The van der Waals surface area contributed by atoms with Crippen LogP contribution in [-0.4, -0.2) is 36.8 Å². The number of aliphatic hydroxyl groups excluding tert-OH is 1. The lowest BCUT2D eigenvalue weighted by molar-refractivity contribution is -0.124. The van der Waals surface area contributed by atoms with Crippen molar-refractivity contribution in [3.63, 3.8) is 0 Å². The number of ether oxygens (including phenoxy) is 1. The zero-order valence-electron chi connectivity index (χ0n) is 16.2.